The van der Waals surface area contributed by atoms with Gasteiger partial charge in [-0.1, -0.05) is 11.2 Å². The summed E-state index contributed by atoms with van der Waals surface area (Å²) in [6.07, 6.45) is 0.316. The van der Waals surface area contributed by atoms with Crippen LogP contribution in [0.3, 0.4) is 0 Å². The molecule has 98 valence electrons. The molecule has 0 aliphatic carbocycles. The van der Waals surface area contributed by atoms with Gasteiger partial charge in [-0.25, -0.2) is 4.79 Å². The Labute approximate surface area is 109 Å². The SMILES string of the molecule is [N-]=[N+]=NCC1CC(=O)N(c2cccc(C(=O)O)c2)C1. The first kappa shape index (κ1) is 12.9. The lowest BCUT2D eigenvalue weighted by Crippen LogP contribution is -2.25. The molecular weight excluding hydrogens is 248 g/mol. The van der Waals surface area contributed by atoms with Crippen LogP contribution >= 0.6 is 0 Å². The Kier molecular flexibility index (Phi) is 3.68. The number of benzene rings is 1. The number of nitrogens with zero attached hydrogens (tertiary/aromatic N) is 4. The number of carboxylic acids is 1. The first-order chi connectivity index (χ1) is 9.11. The van der Waals surface area contributed by atoms with Crippen molar-refractivity contribution in [1.29, 1.82) is 0 Å². The van der Waals surface area contributed by atoms with Crippen molar-refractivity contribution in [2.45, 2.75) is 6.42 Å². The first-order valence-electron chi connectivity index (χ1n) is 5.76. The van der Waals surface area contributed by atoms with E-state index >= 15 is 0 Å². The third kappa shape index (κ3) is 2.83. The predicted octanol–water partition coefficient (Wildman–Crippen LogP) is 2.05. The predicted molar refractivity (Wildman–Crippen MR) is 67.9 cm³/mol. The lowest BCUT2D eigenvalue weighted by molar-refractivity contribution is -0.117. The van der Waals surface area contributed by atoms with Crippen LogP contribution in [0.15, 0.2) is 29.4 Å². The van der Waals surface area contributed by atoms with Gasteiger partial charge in [-0.3, -0.25) is 4.79 Å². The summed E-state index contributed by atoms with van der Waals surface area (Å²) in [6.45, 7) is 0.721. The van der Waals surface area contributed by atoms with Crippen LogP contribution in [0, 0.1) is 5.92 Å². The molecular formula is C12H12N4O3. The smallest absolute Gasteiger partial charge is 0.335 e. The highest BCUT2D eigenvalue weighted by atomic mass is 16.4. The van der Waals surface area contributed by atoms with Gasteiger partial charge in [0.15, 0.2) is 0 Å². The van der Waals surface area contributed by atoms with E-state index in [-0.39, 0.29) is 23.9 Å². The molecule has 1 unspecified atom stereocenters. The fourth-order valence-electron chi connectivity index (χ4n) is 2.11. The monoisotopic (exact) mass is 260 g/mol. The minimum absolute atomic E-state index is 0.0168. The standard InChI is InChI=1S/C12H12N4O3/c13-15-14-6-8-4-11(17)16(7-8)10-3-1-2-9(5-10)12(18)19/h1-3,5,8H,4,6-7H2,(H,18,19). The molecule has 1 aliphatic rings. The topological polar surface area (TPSA) is 106 Å². The maximum Gasteiger partial charge on any atom is 0.335 e. The van der Waals surface area contributed by atoms with Gasteiger partial charge in [-0.05, 0) is 29.6 Å². The van der Waals surface area contributed by atoms with Gasteiger partial charge >= 0.3 is 5.97 Å². The molecule has 0 aromatic heterocycles. The van der Waals surface area contributed by atoms with Gasteiger partial charge in [0.25, 0.3) is 0 Å². The van der Waals surface area contributed by atoms with Crippen molar-refractivity contribution < 1.29 is 14.7 Å². The average molecular weight is 260 g/mol. The van der Waals surface area contributed by atoms with Crippen molar-refractivity contribution in [2.24, 2.45) is 11.0 Å². The molecule has 1 N–H and O–H groups in total. The number of carbonyl (C=O) groups is 2. The number of anilines is 1. The van der Waals surface area contributed by atoms with E-state index in [1.807, 2.05) is 0 Å². The molecule has 1 aliphatic heterocycles. The molecule has 1 heterocycles. The lowest BCUT2D eigenvalue weighted by Gasteiger charge is -2.16. The van der Waals surface area contributed by atoms with Gasteiger partial charge in [0.2, 0.25) is 5.91 Å². The molecule has 1 aromatic rings. The largest absolute Gasteiger partial charge is 0.478 e. The van der Waals surface area contributed by atoms with Crippen molar-refractivity contribution >= 4 is 17.6 Å². The zero-order valence-electron chi connectivity index (χ0n) is 10.1. The van der Waals surface area contributed by atoms with E-state index in [4.69, 9.17) is 10.6 Å². The minimum Gasteiger partial charge on any atom is -0.478 e. The number of hydrogen-bond acceptors (Lipinski definition) is 3. The molecule has 0 radical (unpaired) electrons. The summed E-state index contributed by atoms with van der Waals surface area (Å²) in [6, 6.07) is 6.24. The van der Waals surface area contributed by atoms with Crippen molar-refractivity contribution in [3.8, 4) is 0 Å². The molecule has 2 rings (SSSR count). The molecule has 1 amide bonds. The lowest BCUT2D eigenvalue weighted by atomic mass is 10.1. The highest BCUT2D eigenvalue weighted by molar-refractivity contribution is 5.97. The minimum atomic E-state index is -1.03. The average Bonchev–Trinajstić information content (AvgIpc) is 2.77. The highest BCUT2D eigenvalue weighted by Gasteiger charge is 2.30. The summed E-state index contributed by atoms with van der Waals surface area (Å²) in [5.74, 6) is -1.13. The van der Waals surface area contributed by atoms with E-state index in [9.17, 15) is 9.59 Å². The zero-order valence-corrected chi connectivity index (χ0v) is 10.1. The van der Waals surface area contributed by atoms with E-state index < -0.39 is 5.97 Å². The van der Waals surface area contributed by atoms with Gasteiger partial charge in [0.1, 0.15) is 0 Å². The Bertz CT molecular complexity index is 566. The van der Waals surface area contributed by atoms with Crippen molar-refractivity contribution in [3.05, 3.63) is 40.3 Å². The van der Waals surface area contributed by atoms with Crippen LogP contribution in [0.25, 0.3) is 10.4 Å². The second-order valence-corrected chi connectivity index (χ2v) is 4.34. The summed E-state index contributed by atoms with van der Waals surface area (Å²) in [4.78, 5) is 27.0. The fraction of sp³-hybridized carbons (Fsp3) is 0.333. The van der Waals surface area contributed by atoms with Gasteiger partial charge in [-0.15, -0.1) is 0 Å². The molecule has 19 heavy (non-hydrogen) atoms. The van der Waals surface area contributed by atoms with Gasteiger partial charge in [0.05, 0.1) is 5.56 Å². The van der Waals surface area contributed by atoms with Crippen LogP contribution in [-0.2, 0) is 4.79 Å². The first-order valence-corrected chi connectivity index (χ1v) is 5.76. The number of carbonyl (C=O) groups excluding carboxylic acids is 1. The van der Waals surface area contributed by atoms with Crippen LogP contribution in [0.1, 0.15) is 16.8 Å². The summed E-state index contributed by atoms with van der Waals surface area (Å²) in [5.41, 5.74) is 8.97. The number of hydrogen-bond donors (Lipinski definition) is 1. The van der Waals surface area contributed by atoms with Crippen LogP contribution in [-0.4, -0.2) is 30.1 Å². The molecule has 1 fully saturated rings. The second-order valence-electron chi connectivity index (χ2n) is 4.34. The Morgan fingerprint density at radius 3 is 3.05 bits per heavy atom. The normalized spacial score (nSPS) is 18.2. The third-order valence-corrected chi connectivity index (χ3v) is 3.01. The van der Waals surface area contributed by atoms with E-state index in [2.05, 4.69) is 10.0 Å². The molecule has 7 nitrogen and oxygen atoms in total. The van der Waals surface area contributed by atoms with Gasteiger partial charge < -0.3 is 10.0 Å². The van der Waals surface area contributed by atoms with E-state index in [0.29, 0.717) is 18.7 Å². The number of azide groups is 1. The van der Waals surface area contributed by atoms with Crippen LogP contribution in [0.4, 0.5) is 5.69 Å². The third-order valence-electron chi connectivity index (χ3n) is 3.01. The quantitative estimate of drug-likeness (QED) is 0.508. The van der Waals surface area contributed by atoms with Crippen LogP contribution in [0.2, 0.25) is 0 Å². The van der Waals surface area contributed by atoms with Gasteiger partial charge in [-0.2, -0.15) is 0 Å². The number of aromatic carboxylic acids is 1. The summed E-state index contributed by atoms with van der Waals surface area (Å²) in [5, 5.41) is 12.4. The Hall–Kier alpha value is -2.53. The second kappa shape index (κ2) is 5.41. The Morgan fingerprint density at radius 1 is 1.58 bits per heavy atom. The fourth-order valence-corrected chi connectivity index (χ4v) is 2.11. The number of amides is 1. The summed E-state index contributed by atoms with van der Waals surface area (Å²) < 4.78 is 0. The van der Waals surface area contributed by atoms with E-state index in [0.717, 1.165) is 0 Å². The highest BCUT2D eigenvalue weighted by Crippen LogP contribution is 2.26. The zero-order chi connectivity index (χ0) is 13.8. The molecule has 1 atom stereocenters. The van der Waals surface area contributed by atoms with Crippen LogP contribution in [0.5, 0.6) is 0 Å². The maximum absolute atomic E-state index is 11.9. The number of carboxylic acid groups (broad SMARTS) is 1. The molecule has 1 saturated heterocycles. The molecule has 0 spiro atoms. The molecule has 1 aromatic carbocycles. The van der Waals surface area contributed by atoms with E-state index in [1.165, 1.54) is 17.0 Å². The number of rotatable bonds is 4. The van der Waals surface area contributed by atoms with Crippen molar-refractivity contribution in [2.75, 3.05) is 18.0 Å². The molecule has 0 bridgehead atoms. The van der Waals surface area contributed by atoms with Crippen molar-refractivity contribution in [1.82, 2.24) is 0 Å². The maximum atomic E-state index is 11.9. The van der Waals surface area contributed by atoms with Crippen LogP contribution < -0.4 is 4.90 Å². The molecule has 7 heteroatoms. The van der Waals surface area contributed by atoms with E-state index in [1.54, 1.807) is 12.1 Å². The van der Waals surface area contributed by atoms with Crippen molar-refractivity contribution in [3.63, 3.8) is 0 Å². The summed E-state index contributed by atoms with van der Waals surface area (Å²) in [7, 11) is 0. The molecule has 0 saturated carbocycles. The Balaban J connectivity index is 2.18. The van der Waals surface area contributed by atoms with Gasteiger partial charge in [0, 0.05) is 30.1 Å². The Morgan fingerprint density at radius 2 is 2.37 bits per heavy atom. The summed E-state index contributed by atoms with van der Waals surface area (Å²) >= 11 is 0.